The van der Waals surface area contributed by atoms with Crippen molar-refractivity contribution in [3.05, 3.63) is 82.4 Å². The summed E-state index contributed by atoms with van der Waals surface area (Å²) in [6.45, 7) is 1.69. The minimum absolute atomic E-state index is 0.0293. The quantitative estimate of drug-likeness (QED) is 0.555. The summed E-state index contributed by atoms with van der Waals surface area (Å²) in [5, 5.41) is 11.6. The summed E-state index contributed by atoms with van der Waals surface area (Å²) >= 11 is 0. The number of halogens is 2. The molecule has 180 valence electrons. The van der Waals surface area contributed by atoms with Crippen LogP contribution in [0.5, 0.6) is 11.5 Å². The summed E-state index contributed by atoms with van der Waals surface area (Å²) in [5.74, 6) is -3.17. The Balaban J connectivity index is 1.38. The molecule has 2 unspecified atom stereocenters. The maximum atomic E-state index is 14.6. The van der Waals surface area contributed by atoms with Gasteiger partial charge in [-0.25, -0.2) is 13.8 Å². The van der Waals surface area contributed by atoms with Crippen LogP contribution in [0.2, 0.25) is 0 Å². The van der Waals surface area contributed by atoms with E-state index in [0.29, 0.717) is 28.4 Å². The van der Waals surface area contributed by atoms with E-state index in [2.05, 4.69) is 15.3 Å². The van der Waals surface area contributed by atoms with Crippen LogP contribution in [0.4, 0.5) is 14.6 Å². The number of pyridine rings is 2. The van der Waals surface area contributed by atoms with Gasteiger partial charge in [-0.05, 0) is 48.9 Å². The van der Waals surface area contributed by atoms with Crippen molar-refractivity contribution in [1.82, 2.24) is 14.9 Å². The van der Waals surface area contributed by atoms with E-state index < -0.39 is 24.3 Å². The van der Waals surface area contributed by atoms with Gasteiger partial charge in [0.2, 0.25) is 11.5 Å². The molecule has 10 heteroatoms. The topological polar surface area (TPSA) is 111 Å². The normalized spacial score (nSPS) is 18.3. The number of benzene rings is 1. The van der Waals surface area contributed by atoms with Gasteiger partial charge in [0.15, 0.2) is 0 Å². The summed E-state index contributed by atoms with van der Waals surface area (Å²) in [6.07, 6.45) is 2.36. The highest BCUT2D eigenvalue weighted by Crippen LogP contribution is 2.40. The third-order valence-corrected chi connectivity index (χ3v) is 6.00. The number of anilines is 1. The average molecular weight is 479 g/mol. The summed E-state index contributed by atoms with van der Waals surface area (Å²) in [6, 6.07) is 13.8. The van der Waals surface area contributed by atoms with Crippen LogP contribution in [-0.2, 0) is 4.79 Å². The fourth-order valence-corrected chi connectivity index (χ4v) is 3.91. The number of H-pyrrole nitrogens is 1. The highest BCUT2D eigenvalue weighted by atomic mass is 19.3. The van der Waals surface area contributed by atoms with Crippen molar-refractivity contribution < 1.29 is 18.3 Å². The van der Waals surface area contributed by atoms with Gasteiger partial charge in [-0.15, -0.1) is 0 Å². The molecular weight excluding hydrogens is 456 g/mol. The van der Waals surface area contributed by atoms with Crippen LogP contribution in [-0.4, -0.2) is 45.8 Å². The Hall–Kier alpha value is -4.10. The standard InChI is InChI=1S/C25H23F2N5O3/c1-16(32-11-10-25(26,27)21(15-32)18-4-9-23(33)30-13-18)24(34)31-22-8-7-20(14-29-22)35-19-5-2-17(12-28)3-6-19/h2-9,13-14,16,21H,10-11,15H2,1H3,(H,30,33)(H,29,31,34). The molecule has 2 N–H and O–H groups in total. The zero-order valence-corrected chi connectivity index (χ0v) is 18.9. The predicted molar refractivity (Wildman–Crippen MR) is 125 cm³/mol. The molecule has 2 atom stereocenters. The lowest BCUT2D eigenvalue weighted by atomic mass is 9.87. The van der Waals surface area contributed by atoms with E-state index in [0.717, 1.165) is 0 Å². The van der Waals surface area contributed by atoms with Crippen molar-refractivity contribution in [2.45, 2.75) is 31.2 Å². The van der Waals surface area contributed by atoms with Gasteiger partial charge in [-0.1, -0.05) is 6.07 Å². The summed E-state index contributed by atoms with van der Waals surface area (Å²) in [7, 11) is 0. The second-order valence-corrected chi connectivity index (χ2v) is 8.33. The number of carbonyl (C=O) groups excluding carboxylic acids is 1. The van der Waals surface area contributed by atoms with E-state index in [1.807, 2.05) is 6.07 Å². The molecule has 35 heavy (non-hydrogen) atoms. The first kappa shape index (κ1) is 24.0. The van der Waals surface area contributed by atoms with Crippen LogP contribution < -0.4 is 15.6 Å². The van der Waals surface area contributed by atoms with Crippen LogP contribution in [0.3, 0.4) is 0 Å². The van der Waals surface area contributed by atoms with Crippen LogP contribution in [0, 0.1) is 11.3 Å². The Labute approximate surface area is 200 Å². The Morgan fingerprint density at radius 1 is 1.23 bits per heavy atom. The first-order valence-electron chi connectivity index (χ1n) is 11.0. The number of nitriles is 1. The molecule has 3 aromatic rings. The second-order valence-electron chi connectivity index (χ2n) is 8.33. The Bertz CT molecular complexity index is 1270. The molecule has 8 nitrogen and oxygen atoms in total. The minimum Gasteiger partial charge on any atom is -0.456 e. The number of likely N-dealkylation sites (tertiary alicyclic amines) is 1. The molecule has 1 amide bonds. The number of hydrogen-bond acceptors (Lipinski definition) is 6. The van der Waals surface area contributed by atoms with Gasteiger partial charge in [0.25, 0.3) is 5.92 Å². The van der Waals surface area contributed by atoms with Gasteiger partial charge in [0, 0.05) is 31.8 Å². The first-order valence-corrected chi connectivity index (χ1v) is 11.0. The van der Waals surface area contributed by atoms with E-state index >= 15 is 0 Å². The van der Waals surface area contributed by atoms with Crippen molar-refractivity contribution in [2.24, 2.45) is 0 Å². The smallest absolute Gasteiger partial charge is 0.257 e. The molecule has 0 bridgehead atoms. The highest BCUT2D eigenvalue weighted by Gasteiger charge is 2.46. The van der Waals surface area contributed by atoms with Crippen molar-refractivity contribution >= 4 is 11.7 Å². The SMILES string of the molecule is CC(C(=O)Nc1ccc(Oc2ccc(C#N)cc2)cn1)N1CCC(F)(F)C(c2ccc(=O)[nH]c2)C1. The molecule has 2 aromatic heterocycles. The third-order valence-electron chi connectivity index (χ3n) is 6.00. The molecule has 1 aliphatic heterocycles. The predicted octanol–water partition coefficient (Wildman–Crippen LogP) is 3.89. The number of carbonyl (C=O) groups is 1. The van der Waals surface area contributed by atoms with Crippen LogP contribution in [0.25, 0.3) is 0 Å². The van der Waals surface area contributed by atoms with Crippen molar-refractivity contribution in [3.8, 4) is 17.6 Å². The summed E-state index contributed by atoms with van der Waals surface area (Å²) < 4.78 is 34.9. The number of piperidine rings is 1. The number of aromatic nitrogens is 2. The van der Waals surface area contributed by atoms with Crippen LogP contribution in [0.15, 0.2) is 65.7 Å². The average Bonchev–Trinajstić information content (AvgIpc) is 2.86. The zero-order valence-electron chi connectivity index (χ0n) is 18.9. The Morgan fingerprint density at radius 3 is 2.60 bits per heavy atom. The molecule has 1 saturated heterocycles. The van der Waals surface area contributed by atoms with Gasteiger partial charge in [-0.2, -0.15) is 5.26 Å². The van der Waals surface area contributed by atoms with Gasteiger partial charge in [-0.3, -0.25) is 14.5 Å². The zero-order chi connectivity index (χ0) is 25.0. The number of rotatable bonds is 6. The molecule has 0 spiro atoms. The van der Waals surface area contributed by atoms with E-state index in [1.54, 1.807) is 48.2 Å². The lowest BCUT2D eigenvalue weighted by Gasteiger charge is -2.40. The molecular formula is C25H23F2N5O3. The largest absolute Gasteiger partial charge is 0.456 e. The number of nitrogens with zero attached hydrogens (tertiary/aromatic N) is 3. The lowest BCUT2D eigenvalue weighted by molar-refractivity contribution is -0.125. The van der Waals surface area contributed by atoms with Crippen LogP contribution in [0.1, 0.15) is 30.4 Å². The van der Waals surface area contributed by atoms with E-state index in [9.17, 15) is 18.4 Å². The second kappa shape index (κ2) is 10.0. The summed E-state index contributed by atoms with van der Waals surface area (Å²) in [4.78, 5) is 32.4. The number of amides is 1. The molecule has 3 heterocycles. The monoisotopic (exact) mass is 479 g/mol. The van der Waals surface area contributed by atoms with Crippen LogP contribution >= 0.6 is 0 Å². The lowest BCUT2D eigenvalue weighted by Crippen LogP contribution is -2.52. The van der Waals surface area contributed by atoms with Crippen molar-refractivity contribution in [1.29, 1.82) is 5.26 Å². The Kier molecular flexibility index (Phi) is 6.89. The fourth-order valence-electron chi connectivity index (χ4n) is 3.91. The number of alkyl halides is 2. The Morgan fingerprint density at radius 2 is 1.97 bits per heavy atom. The number of hydrogen-bond donors (Lipinski definition) is 2. The molecule has 1 fully saturated rings. The van der Waals surface area contributed by atoms with Gasteiger partial charge < -0.3 is 15.0 Å². The molecule has 4 rings (SSSR count). The first-order chi connectivity index (χ1) is 16.7. The van der Waals surface area contributed by atoms with Gasteiger partial charge in [0.1, 0.15) is 17.3 Å². The van der Waals surface area contributed by atoms with E-state index in [4.69, 9.17) is 10.00 Å². The van der Waals surface area contributed by atoms with E-state index in [1.165, 1.54) is 24.5 Å². The fraction of sp³-hybridized carbons (Fsp3) is 0.280. The van der Waals surface area contributed by atoms with Crippen molar-refractivity contribution in [2.75, 3.05) is 18.4 Å². The number of ether oxygens (including phenoxy) is 1. The minimum atomic E-state index is -2.95. The van der Waals surface area contributed by atoms with Crippen molar-refractivity contribution in [3.63, 3.8) is 0 Å². The highest BCUT2D eigenvalue weighted by molar-refractivity contribution is 5.93. The molecule has 0 radical (unpaired) electrons. The maximum Gasteiger partial charge on any atom is 0.257 e. The maximum absolute atomic E-state index is 14.6. The molecule has 0 aliphatic carbocycles. The molecule has 0 saturated carbocycles. The number of aromatic amines is 1. The number of nitrogens with one attached hydrogen (secondary N) is 2. The third kappa shape index (κ3) is 5.70. The van der Waals surface area contributed by atoms with E-state index in [-0.39, 0.29) is 24.6 Å². The summed E-state index contributed by atoms with van der Waals surface area (Å²) in [5.41, 5.74) is 0.481. The van der Waals surface area contributed by atoms with Gasteiger partial charge in [0.05, 0.1) is 29.8 Å². The molecule has 1 aliphatic rings. The molecule has 1 aromatic carbocycles. The van der Waals surface area contributed by atoms with Gasteiger partial charge >= 0.3 is 0 Å².